The lowest BCUT2D eigenvalue weighted by Gasteiger charge is -2.18. The summed E-state index contributed by atoms with van der Waals surface area (Å²) in [5.74, 6) is 6.10. The maximum Gasteiger partial charge on any atom is 0.137 e. The molecule has 0 saturated heterocycles. The molecule has 0 spiro atoms. The number of hydrazine groups is 1. The monoisotopic (exact) mass is 416 g/mol. The highest BCUT2D eigenvalue weighted by atomic mass is 79.9. The van der Waals surface area contributed by atoms with Crippen LogP contribution in [0.3, 0.4) is 0 Å². The van der Waals surface area contributed by atoms with Gasteiger partial charge in [-0.05, 0) is 63.8 Å². The zero-order chi connectivity index (χ0) is 15.4. The van der Waals surface area contributed by atoms with Crippen LogP contribution in [0.2, 0.25) is 0 Å². The van der Waals surface area contributed by atoms with Crippen LogP contribution >= 0.6 is 31.9 Å². The van der Waals surface area contributed by atoms with Crippen LogP contribution < -0.4 is 16.0 Å². The summed E-state index contributed by atoms with van der Waals surface area (Å²) in [6.07, 6.45) is 0.584. The molecule has 1 unspecified atom stereocenters. The second-order valence-corrected chi connectivity index (χ2v) is 6.32. The molecule has 112 valence electrons. The molecule has 6 heteroatoms. The summed E-state index contributed by atoms with van der Waals surface area (Å²) < 4.78 is 20.4. The van der Waals surface area contributed by atoms with Gasteiger partial charge >= 0.3 is 0 Å². The molecule has 0 aliphatic rings. The van der Waals surface area contributed by atoms with Gasteiger partial charge in [0.2, 0.25) is 0 Å². The van der Waals surface area contributed by atoms with Gasteiger partial charge in [0.25, 0.3) is 0 Å². The fourth-order valence-electron chi connectivity index (χ4n) is 2.13. The van der Waals surface area contributed by atoms with Crippen molar-refractivity contribution in [1.29, 1.82) is 0 Å². The van der Waals surface area contributed by atoms with Gasteiger partial charge in [0.15, 0.2) is 0 Å². The Morgan fingerprint density at radius 3 is 2.62 bits per heavy atom. The first-order valence-electron chi connectivity index (χ1n) is 6.28. The second kappa shape index (κ2) is 7.35. The topological polar surface area (TPSA) is 47.3 Å². The molecule has 0 radical (unpaired) electrons. The largest absolute Gasteiger partial charge is 0.496 e. The Morgan fingerprint density at radius 2 is 2.00 bits per heavy atom. The maximum absolute atomic E-state index is 13.7. The van der Waals surface area contributed by atoms with Crippen LogP contribution in [0.1, 0.15) is 17.2 Å². The summed E-state index contributed by atoms with van der Waals surface area (Å²) in [4.78, 5) is 0. The van der Waals surface area contributed by atoms with Crippen LogP contribution in [0.4, 0.5) is 4.39 Å². The average Bonchev–Trinajstić information content (AvgIpc) is 2.48. The molecule has 0 saturated carbocycles. The van der Waals surface area contributed by atoms with E-state index in [-0.39, 0.29) is 11.9 Å². The molecule has 2 rings (SSSR count). The third-order valence-electron chi connectivity index (χ3n) is 3.21. The number of hydrogen-bond donors (Lipinski definition) is 2. The third kappa shape index (κ3) is 4.03. The number of benzene rings is 2. The van der Waals surface area contributed by atoms with Gasteiger partial charge in [-0.15, -0.1) is 0 Å². The summed E-state index contributed by atoms with van der Waals surface area (Å²) in [5, 5.41) is 0. The van der Waals surface area contributed by atoms with E-state index in [2.05, 4.69) is 37.3 Å². The van der Waals surface area contributed by atoms with E-state index in [9.17, 15) is 4.39 Å². The van der Waals surface area contributed by atoms with Crippen LogP contribution in [0.25, 0.3) is 0 Å². The molecule has 21 heavy (non-hydrogen) atoms. The lowest BCUT2D eigenvalue weighted by Crippen LogP contribution is -2.29. The van der Waals surface area contributed by atoms with E-state index in [1.54, 1.807) is 13.2 Å². The van der Waals surface area contributed by atoms with Crippen molar-refractivity contribution in [3.63, 3.8) is 0 Å². The van der Waals surface area contributed by atoms with E-state index < -0.39 is 0 Å². The normalized spacial score (nSPS) is 12.2. The standard InChI is InChI=1S/C15H15Br2FN2O/c1-21-15-5-3-11(16)6-10(15)8-14(20-19)9-2-4-12(17)13(18)7-9/h2-7,14,20H,8,19H2,1H3. The highest BCUT2D eigenvalue weighted by molar-refractivity contribution is 9.10. The molecule has 0 bridgehead atoms. The molecule has 0 aliphatic heterocycles. The quantitative estimate of drug-likeness (QED) is 0.568. The molecular weight excluding hydrogens is 403 g/mol. The van der Waals surface area contributed by atoms with Crippen LogP contribution in [-0.4, -0.2) is 7.11 Å². The van der Waals surface area contributed by atoms with Crippen molar-refractivity contribution in [2.75, 3.05) is 7.11 Å². The minimum atomic E-state index is -0.311. The highest BCUT2D eigenvalue weighted by Crippen LogP contribution is 2.29. The second-order valence-electron chi connectivity index (χ2n) is 4.55. The van der Waals surface area contributed by atoms with Gasteiger partial charge in [-0.1, -0.05) is 22.0 Å². The van der Waals surface area contributed by atoms with E-state index in [1.807, 2.05) is 24.3 Å². The molecule has 0 amide bonds. The van der Waals surface area contributed by atoms with E-state index in [4.69, 9.17) is 10.6 Å². The first kappa shape index (κ1) is 16.4. The molecular formula is C15H15Br2FN2O. The lowest BCUT2D eigenvalue weighted by molar-refractivity contribution is 0.405. The van der Waals surface area contributed by atoms with Crippen LogP contribution in [-0.2, 0) is 6.42 Å². The summed E-state index contributed by atoms with van der Waals surface area (Å²) >= 11 is 6.59. The zero-order valence-electron chi connectivity index (χ0n) is 11.4. The van der Waals surface area contributed by atoms with Crippen molar-refractivity contribution >= 4 is 31.9 Å². The molecule has 3 N–H and O–H groups in total. The summed E-state index contributed by atoms with van der Waals surface area (Å²) in [5.41, 5.74) is 4.49. The van der Waals surface area contributed by atoms with Crippen LogP contribution in [0.5, 0.6) is 5.75 Å². The Labute approximate surface area is 139 Å². The van der Waals surface area contributed by atoms with Gasteiger partial charge < -0.3 is 4.74 Å². The molecule has 2 aromatic rings. The van der Waals surface area contributed by atoms with Crippen molar-refractivity contribution < 1.29 is 9.13 Å². The van der Waals surface area contributed by atoms with Crippen molar-refractivity contribution in [1.82, 2.24) is 5.43 Å². The molecule has 0 aliphatic carbocycles. The SMILES string of the molecule is COc1ccc(Br)cc1CC(NN)c1ccc(Br)c(F)c1. The Hall–Kier alpha value is -0.950. The average molecular weight is 418 g/mol. The highest BCUT2D eigenvalue weighted by Gasteiger charge is 2.15. The maximum atomic E-state index is 13.7. The summed E-state index contributed by atoms with van der Waals surface area (Å²) in [6.45, 7) is 0. The van der Waals surface area contributed by atoms with Crippen molar-refractivity contribution in [2.24, 2.45) is 5.84 Å². The van der Waals surface area contributed by atoms with Gasteiger partial charge in [0.05, 0.1) is 17.6 Å². The molecule has 0 aromatic heterocycles. The number of nitrogens with one attached hydrogen (secondary N) is 1. The molecule has 0 heterocycles. The minimum absolute atomic E-state index is 0.212. The number of rotatable bonds is 5. The number of methoxy groups -OCH3 is 1. The Kier molecular flexibility index (Phi) is 5.75. The number of halogens is 3. The smallest absolute Gasteiger partial charge is 0.137 e. The van der Waals surface area contributed by atoms with Crippen LogP contribution in [0, 0.1) is 5.82 Å². The summed E-state index contributed by atoms with van der Waals surface area (Å²) in [6, 6.07) is 10.5. The predicted octanol–water partition coefficient (Wildman–Crippen LogP) is 4.11. The molecule has 0 fully saturated rings. The predicted molar refractivity (Wildman–Crippen MR) is 88.6 cm³/mol. The van der Waals surface area contributed by atoms with E-state index >= 15 is 0 Å². The van der Waals surface area contributed by atoms with E-state index in [0.29, 0.717) is 10.9 Å². The molecule has 1 atom stereocenters. The number of ether oxygens (including phenoxy) is 1. The van der Waals surface area contributed by atoms with Crippen LogP contribution in [0.15, 0.2) is 45.3 Å². The Morgan fingerprint density at radius 1 is 1.24 bits per heavy atom. The lowest BCUT2D eigenvalue weighted by atomic mass is 9.98. The fourth-order valence-corrected chi connectivity index (χ4v) is 2.78. The first-order chi connectivity index (χ1) is 10.0. The number of nitrogens with two attached hydrogens (primary N) is 1. The van der Waals surface area contributed by atoms with Crippen molar-refractivity contribution in [2.45, 2.75) is 12.5 Å². The van der Waals surface area contributed by atoms with E-state index in [0.717, 1.165) is 21.3 Å². The minimum Gasteiger partial charge on any atom is -0.496 e. The molecule has 3 nitrogen and oxygen atoms in total. The zero-order valence-corrected chi connectivity index (χ0v) is 14.5. The summed E-state index contributed by atoms with van der Waals surface area (Å²) in [7, 11) is 1.62. The Balaban J connectivity index is 2.30. The third-order valence-corrected chi connectivity index (χ3v) is 4.35. The van der Waals surface area contributed by atoms with Gasteiger partial charge in [-0.3, -0.25) is 11.3 Å². The van der Waals surface area contributed by atoms with Gasteiger partial charge in [0.1, 0.15) is 11.6 Å². The van der Waals surface area contributed by atoms with Crippen molar-refractivity contribution in [3.05, 3.63) is 62.3 Å². The van der Waals surface area contributed by atoms with E-state index in [1.165, 1.54) is 6.07 Å². The molecule has 2 aromatic carbocycles. The number of hydrogen-bond acceptors (Lipinski definition) is 3. The van der Waals surface area contributed by atoms with Gasteiger partial charge in [0, 0.05) is 4.47 Å². The first-order valence-corrected chi connectivity index (χ1v) is 7.87. The fraction of sp³-hybridized carbons (Fsp3) is 0.200. The van der Waals surface area contributed by atoms with Crippen molar-refractivity contribution in [3.8, 4) is 5.75 Å². The van der Waals surface area contributed by atoms with Gasteiger partial charge in [-0.2, -0.15) is 0 Å². The van der Waals surface area contributed by atoms with Gasteiger partial charge in [-0.25, -0.2) is 4.39 Å². The Bertz CT molecular complexity index is 637.